The molecule has 2 aromatic carbocycles. The molecule has 0 aliphatic heterocycles. The molecule has 7 heteroatoms. The molecule has 2 rings (SSSR count). The molecular formula is C13H9Br2FN2O2. The standard InChI is InChI=1S/C13H9Br2FN2O2/c14-9-3-8(4-11(5-9)18(19)20)7-17-10-1-2-13(16)12(15)6-10/h1-6,17H,7H2. The maximum absolute atomic E-state index is 13.1. The fraction of sp³-hybridized carbons (Fsp3) is 0.0769. The minimum atomic E-state index is -0.442. The van der Waals surface area contributed by atoms with Crippen molar-refractivity contribution >= 4 is 43.2 Å². The average Bonchev–Trinajstić information content (AvgIpc) is 2.39. The molecule has 4 nitrogen and oxygen atoms in total. The smallest absolute Gasteiger partial charge is 0.270 e. The Balaban J connectivity index is 2.14. The minimum absolute atomic E-state index is 0.0245. The van der Waals surface area contributed by atoms with Gasteiger partial charge in [-0.15, -0.1) is 0 Å². The van der Waals surface area contributed by atoms with Gasteiger partial charge in [0.1, 0.15) is 5.82 Å². The summed E-state index contributed by atoms with van der Waals surface area (Å²) in [6.45, 7) is 0.401. The van der Waals surface area contributed by atoms with Gasteiger partial charge in [-0.25, -0.2) is 4.39 Å². The normalized spacial score (nSPS) is 10.3. The molecule has 0 bridgehead atoms. The summed E-state index contributed by atoms with van der Waals surface area (Å²) >= 11 is 6.34. The average molecular weight is 404 g/mol. The van der Waals surface area contributed by atoms with Crippen molar-refractivity contribution in [2.75, 3.05) is 5.32 Å². The van der Waals surface area contributed by atoms with Gasteiger partial charge in [-0.2, -0.15) is 0 Å². The van der Waals surface area contributed by atoms with Gasteiger partial charge in [0, 0.05) is 28.8 Å². The highest BCUT2D eigenvalue weighted by atomic mass is 79.9. The van der Waals surface area contributed by atoms with E-state index in [2.05, 4.69) is 37.2 Å². The number of anilines is 1. The molecule has 0 aromatic heterocycles. The maximum atomic E-state index is 13.1. The van der Waals surface area contributed by atoms with Gasteiger partial charge in [0.2, 0.25) is 0 Å². The highest BCUT2D eigenvalue weighted by Gasteiger charge is 2.08. The lowest BCUT2D eigenvalue weighted by molar-refractivity contribution is -0.385. The second-order valence-electron chi connectivity index (χ2n) is 4.06. The fourth-order valence-electron chi connectivity index (χ4n) is 1.65. The van der Waals surface area contributed by atoms with Crippen LogP contribution in [-0.2, 0) is 6.54 Å². The van der Waals surface area contributed by atoms with E-state index in [-0.39, 0.29) is 11.5 Å². The van der Waals surface area contributed by atoms with E-state index in [1.807, 2.05) is 0 Å². The Hall–Kier alpha value is -1.47. The van der Waals surface area contributed by atoms with Gasteiger partial charge in [-0.1, -0.05) is 15.9 Å². The summed E-state index contributed by atoms with van der Waals surface area (Å²) in [5.74, 6) is -0.339. The van der Waals surface area contributed by atoms with E-state index in [0.717, 1.165) is 11.3 Å². The van der Waals surface area contributed by atoms with Crippen LogP contribution in [0.15, 0.2) is 45.3 Å². The number of hydrogen-bond donors (Lipinski definition) is 1. The molecule has 0 radical (unpaired) electrons. The van der Waals surface area contributed by atoms with Gasteiger partial charge in [-0.3, -0.25) is 10.1 Å². The Kier molecular flexibility index (Phi) is 4.72. The lowest BCUT2D eigenvalue weighted by atomic mass is 10.2. The van der Waals surface area contributed by atoms with Gasteiger partial charge in [0.15, 0.2) is 0 Å². The number of rotatable bonds is 4. The fourth-order valence-corrected chi connectivity index (χ4v) is 2.56. The molecule has 0 spiro atoms. The van der Waals surface area contributed by atoms with Gasteiger partial charge < -0.3 is 5.32 Å². The van der Waals surface area contributed by atoms with E-state index in [4.69, 9.17) is 0 Å². The number of hydrogen-bond acceptors (Lipinski definition) is 3. The van der Waals surface area contributed by atoms with Crippen LogP contribution in [0.25, 0.3) is 0 Å². The Labute approximate surface area is 131 Å². The van der Waals surface area contributed by atoms with Crippen molar-refractivity contribution in [1.29, 1.82) is 0 Å². The number of nitro groups is 1. The number of halogens is 3. The lowest BCUT2D eigenvalue weighted by Gasteiger charge is -2.08. The van der Waals surface area contributed by atoms with E-state index in [0.29, 0.717) is 15.5 Å². The van der Waals surface area contributed by atoms with Crippen molar-refractivity contribution in [1.82, 2.24) is 0 Å². The van der Waals surface area contributed by atoms with E-state index < -0.39 is 4.92 Å². The first kappa shape index (κ1) is 14.9. The first-order chi connectivity index (χ1) is 9.45. The molecule has 0 saturated carbocycles. The summed E-state index contributed by atoms with van der Waals surface area (Å²) in [5, 5.41) is 13.9. The molecular weight excluding hydrogens is 395 g/mol. The maximum Gasteiger partial charge on any atom is 0.270 e. The summed E-state index contributed by atoms with van der Waals surface area (Å²) in [6, 6.07) is 9.29. The van der Waals surface area contributed by atoms with Crippen LogP contribution in [0.5, 0.6) is 0 Å². The SMILES string of the molecule is O=[N+]([O-])c1cc(Br)cc(CNc2ccc(F)c(Br)c2)c1. The van der Waals surface area contributed by atoms with Gasteiger partial charge in [-0.05, 0) is 45.8 Å². The lowest BCUT2D eigenvalue weighted by Crippen LogP contribution is -2.00. The second kappa shape index (κ2) is 6.32. The number of nitrogens with zero attached hydrogens (tertiary/aromatic N) is 1. The summed E-state index contributed by atoms with van der Waals surface area (Å²) in [7, 11) is 0. The molecule has 20 heavy (non-hydrogen) atoms. The first-order valence-electron chi connectivity index (χ1n) is 5.58. The van der Waals surface area contributed by atoms with Crippen molar-refractivity contribution < 1.29 is 9.31 Å². The molecule has 104 valence electrons. The molecule has 0 amide bonds. The van der Waals surface area contributed by atoms with Crippen molar-refractivity contribution in [2.45, 2.75) is 6.54 Å². The Morgan fingerprint density at radius 2 is 1.95 bits per heavy atom. The molecule has 0 saturated heterocycles. The summed E-state index contributed by atoms with van der Waals surface area (Å²) in [5.41, 5.74) is 1.50. The van der Waals surface area contributed by atoms with Crippen LogP contribution in [0.4, 0.5) is 15.8 Å². The third kappa shape index (κ3) is 3.77. The van der Waals surface area contributed by atoms with Crippen LogP contribution in [0.2, 0.25) is 0 Å². The monoisotopic (exact) mass is 402 g/mol. The predicted molar refractivity (Wildman–Crippen MR) is 82.2 cm³/mol. The number of nitrogens with one attached hydrogen (secondary N) is 1. The van der Waals surface area contributed by atoms with Crippen LogP contribution in [0, 0.1) is 15.9 Å². The van der Waals surface area contributed by atoms with E-state index in [1.165, 1.54) is 18.2 Å². The molecule has 0 aliphatic rings. The minimum Gasteiger partial charge on any atom is -0.381 e. The van der Waals surface area contributed by atoms with Gasteiger partial charge in [0.25, 0.3) is 5.69 Å². The van der Waals surface area contributed by atoms with Crippen LogP contribution in [-0.4, -0.2) is 4.92 Å². The van der Waals surface area contributed by atoms with E-state index in [1.54, 1.807) is 18.2 Å². The molecule has 2 aromatic rings. The van der Waals surface area contributed by atoms with Gasteiger partial charge >= 0.3 is 0 Å². The van der Waals surface area contributed by atoms with Crippen molar-refractivity contribution in [3.05, 3.63) is 66.8 Å². The molecule has 0 aliphatic carbocycles. The van der Waals surface area contributed by atoms with Crippen LogP contribution in [0.1, 0.15) is 5.56 Å². The zero-order chi connectivity index (χ0) is 14.7. The quantitative estimate of drug-likeness (QED) is 0.585. The molecule has 0 atom stereocenters. The highest BCUT2D eigenvalue weighted by molar-refractivity contribution is 9.10. The Morgan fingerprint density at radius 1 is 1.20 bits per heavy atom. The largest absolute Gasteiger partial charge is 0.381 e. The molecule has 0 fully saturated rings. The number of non-ortho nitro benzene ring substituents is 1. The second-order valence-corrected chi connectivity index (χ2v) is 5.83. The molecule has 1 N–H and O–H groups in total. The van der Waals surface area contributed by atoms with Crippen LogP contribution < -0.4 is 5.32 Å². The Bertz CT molecular complexity index is 665. The van der Waals surface area contributed by atoms with E-state index in [9.17, 15) is 14.5 Å². The van der Waals surface area contributed by atoms with E-state index >= 15 is 0 Å². The van der Waals surface area contributed by atoms with Crippen molar-refractivity contribution in [3.63, 3.8) is 0 Å². The Morgan fingerprint density at radius 3 is 2.60 bits per heavy atom. The number of benzene rings is 2. The van der Waals surface area contributed by atoms with Crippen molar-refractivity contribution in [3.8, 4) is 0 Å². The first-order valence-corrected chi connectivity index (χ1v) is 7.17. The van der Waals surface area contributed by atoms with Crippen LogP contribution in [0.3, 0.4) is 0 Å². The third-order valence-corrected chi connectivity index (χ3v) is 3.63. The van der Waals surface area contributed by atoms with Gasteiger partial charge in [0.05, 0.1) is 9.40 Å². The zero-order valence-corrected chi connectivity index (χ0v) is 13.2. The third-order valence-electron chi connectivity index (χ3n) is 2.57. The summed E-state index contributed by atoms with van der Waals surface area (Å²) < 4.78 is 14.1. The number of nitro benzene ring substituents is 1. The van der Waals surface area contributed by atoms with Crippen LogP contribution >= 0.6 is 31.9 Å². The molecule has 0 unspecified atom stereocenters. The van der Waals surface area contributed by atoms with Crippen molar-refractivity contribution in [2.24, 2.45) is 0 Å². The topological polar surface area (TPSA) is 55.2 Å². The summed E-state index contributed by atoms with van der Waals surface area (Å²) in [4.78, 5) is 10.3. The predicted octanol–water partition coefficient (Wildman–Crippen LogP) is 4.87. The molecule has 0 heterocycles. The zero-order valence-electron chi connectivity index (χ0n) is 10.1. The summed E-state index contributed by atoms with van der Waals surface area (Å²) in [6.07, 6.45) is 0. The highest BCUT2D eigenvalue weighted by Crippen LogP contribution is 2.23.